The highest BCUT2D eigenvalue weighted by Gasteiger charge is 2.06. The van der Waals surface area contributed by atoms with Crippen molar-refractivity contribution in [3.63, 3.8) is 0 Å². The fourth-order valence-electron chi connectivity index (χ4n) is 1.38. The zero-order valence-electron chi connectivity index (χ0n) is 10.1. The van der Waals surface area contributed by atoms with Crippen LogP contribution in [-0.2, 0) is 5.75 Å². The fourth-order valence-corrected chi connectivity index (χ4v) is 2.47. The molecule has 4 N–H and O–H groups in total. The second kappa shape index (κ2) is 5.94. The molecule has 0 amide bonds. The molecule has 2 aromatic heterocycles. The molecule has 6 nitrogen and oxygen atoms in total. The standard InChI is InChI=1S/C11H12ClN5OS/c1-14-9-3-2-6(12)7(15-9)5-19-11-16-8(13)4-10(18)17-11/h2-4H,5H2,1H3,(H,14,15)(H3,13,16,17,18). The molecule has 100 valence electrons. The number of rotatable bonds is 4. The van der Waals surface area contributed by atoms with E-state index in [4.69, 9.17) is 17.3 Å². The third-order valence-electron chi connectivity index (χ3n) is 2.26. The zero-order valence-corrected chi connectivity index (χ0v) is 11.7. The molecular weight excluding hydrogens is 286 g/mol. The summed E-state index contributed by atoms with van der Waals surface area (Å²) in [5.41, 5.74) is 5.94. The van der Waals surface area contributed by atoms with E-state index >= 15 is 0 Å². The van der Waals surface area contributed by atoms with Gasteiger partial charge in [0.1, 0.15) is 11.6 Å². The number of pyridine rings is 1. The van der Waals surface area contributed by atoms with Crippen LogP contribution in [0.4, 0.5) is 11.6 Å². The van der Waals surface area contributed by atoms with E-state index in [9.17, 15) is 4.79 Å². The quantitative estimate of drug-likeness (QED) is 0.587. The van der Waals surface area contributed by atoms with Gasteiger partial charge in [0.25, 0.3) is 5.56 Å². The monoisotopic (exact) mass is 297 g/mol. The van der Waals surface area contributed by atoms with E-state index in [2.05, 4.69) is 20.3 Å². The molecule has 2 aromatic rings. The van der Waals surface area contributed by atoms with Crippen LogP contribution in [0.1, 0.15) is 5.69 Å². The van der Waals surface area contributed by atoms with Crippen LogP contribution in [0.5, 0.6) is 0 Å². The first-order valence-electron chi connectivity index (χ1n) is 5.41. The van der Waals surface area contributed by atoms with Gasteiger partial charge in [-0.25, -0.2) is 9.97 Å². The number of aromatic nitrogens is 3. The van der Waals surface area contributed by atoms with Crippen molar-refractivity contribution in [3.8, 4) is 0 Å². The summed E-state index contributed by atoms with van der Waals surface area (Å²) in [5, 5.41) is 3.95. The second-order valence-corrected chi connectivity index (χ2v) is 5.01. The van der Waals surface area contributed by atoms with Crippen molar-refractivity contribution in [1.29, 1.82) is 0 Å². The van der Waals surface area contributed by atoms with Crippen molar-refractivity contribution in [2.24, 2.45) is 0 Å². The minimum absolute atomic E-state index is 0.189. The Labute approximate surface area is 118 Å². The molecule has 19 heavy (non-hydrogen) atoms. The summed E-state index contributed by atoms with van der Waals surface area (Å²) in [5.74, 6) is 1.41. The molecule has 0 bridgehead atoms. The van der Waals surface area contributed by atoms with Crippen LogP contribution in [0.3, 0.4) is 0 Å². The molecule has 0 unspecified atom stereocenters. The van der Waals surface area contributed by atoms with Crippen molar-refractivity contribution >= 4 is 35.0 Å². The van der Waals surface area contributed by atoms with Gasteiger partial charge in [-0.1, -0.05) is 23.4 Å². The zero-order chi connectivity index (χ0) is 13.8. The lowest BCUT2D eigenvalue weighted by atomic mass is 10.3. The lowest BCUT2D eigenvalue weighted by molar-refractivity contribution is 0.943. The molecule has 0 aliphatic carbocycles. The normalized spacial score (nSPS) is 10.4. The summed E-state index contributed by atoms with van der Waals surface area (Å²) < 4.78 is 0. The lowest BCUT2D eigenvalue weighted by Gasteiger charge is -2.06. The molecule has 8 heteroatoms. The maximum absolute atomic E-state index is 11.2. The molecular formula is C11H12ClN5OS. The van der Waals surface area contributed by atoms with Crippen LogP contribution in [0, 0.1) is 0 Å². The molecule has 0 aromatic carbocycles. The van der Waals surface area contributed by atoms with Crippen LogP contribution in [0.15, 0.2) is 28.2 Å². The van der Waals surface area contributed by atoms with Gasteiger partial charge in [0.2, 0.25) is 0 Å². The number of nitrogens with zero attached hydrogens (tertiary/aromatic N) is 2. The third-order valence-corrected chi connectivity index (χ3v) is 3.49. The maximum Gasteiger partial charge on any atom is 0.253 e. The number of hydrogen-bond acceptors (Lipinski definition) is 6. The van der Waals surface area contributed by atoms with Crippen LogP contribution in [0.2, 0.25) is 5.02 Å². The Balaban J connectivity index is 2.16. The van der Waals surface area contributed by atoms with Gasteiger partial charge in [0.05, 0.1) is 10.7 Å². The first-order chi connectivity index (χ1) is 9.08. The molecule has 0 fully saturated rings. The summed E-state index contributed by atoms with van der Waals surface area (Å²) in [7, 11) is 1.78. The summed E-state index contributed by atoms with van der Waals surface area (Å²) in [6.07, 6.45) is 0. The number of anilines is 2. The molecule has 2 rings (SSSR count). The van der Waals surface area contributed by atoms with Gasteiger partial charge < -0.3 is 16.0 Å². The molecule has 0 aliphatic rings. The van der Waals surface area contributed by atoms with Crippen molar-refractivity contribution in [3.05, 3.63) is 39.3 Å². The Kier molecular flexibility index (Phi) is 4.28. The highest BCUT2D eigenvalue weighted by molar-refractivity contribution is 7.98. The number of nitrogens with one attached hydrogen (secondary N) is 2. The highest BCUT2D eigenvalue weighted by Crippen LogP contribution is 2.24. The van der Waals surface area contributed by atoms with Gasteiger partial charge in [-0.15, -0.1) is 0 Å². The van der Waals surface area contributed by atoms with E-state index in [1.165, 1.54) is 17.8 Å². The van der Waals surface area contributed by atoms with Crippen molar-refractivity contribution in [1.82, 2.24) is 15.0 Å². The Morgan fingerprint density at radius 3 is 2.95 bits per heavy atom. The number of nitrogen functional groups attached to an aromatic ring is 1. The Bertz CT molecular complexity index is 645. The van der Waals surface area contributed by atoms with Crippen molar-refractivity contribution in [2.45, 2.75) is 10.9 Å². The summed E-state index contributed by atoms with van der Waals surface area (Å²) in [6, 6.07) is 4.79. The molecule has 0 saturated carbocycles. The number of halogens is 1. The first kappa shape index (κ1) is 13.7. The Morgan fingerprint density at radius 1 is 1.47 bits per heavy atom. The van der Waals surface area contributed by atoms with Crippen molar-refractivity contribution < 1.29 is 0 Å². The van der Waals surface area contributed by atoms with E-state index < -0.39 is 0 Å². The minimum Gasteiger partial charge on any atom is -0.383 e. The molecule has 0 aliphatic heterocycles. The molecule has 2 heterocycles. The van der Waals surface area contributed by atoms with E-state index in [1.54, 1.807) is 19.2 Å². The van der Waals surface area contributed by atoms with Crippen LogP contribution >= 0.6 is 23.4 Å². The molecule has 0 spiro atoms. The predicted molar refractivity (Wildman–Crippen MR) is 77.6 cm³/mol. The molecule has 0 radical (unpaired) electrons. The van der Waals surface area contributed by atoms with Gasteiger partial charge in [-0.05, 0) is 12.1 Å². The van der Waals surface area contributed by atoms with Crippen LogP contribution in [-0.4, -0.2) is 22.0 Å². The fraction of sp³-hybridized carbons (Fsp3) is 0.182. The Morgan fingerprint density at radius 2 is 2.26 bits per heavy atom. The van der Waals surface area contributed by atoms with Gasteiger partial charge in [0.15, 0.2) is 5.16 Å². The van der Waals surface area contributed by atoms with E-state index in [0.29, 0.717) is 21.6 Å². The lowest BCUT2D eigenvalue weighted by Crippen LogP contribution is -2.09. The van der Waals surface area contributed by atoms with Gasteiger partial charge in [0, 0.05) is 18.9 Å². The first-order valence-corrected chi connectivity index (χ1v) is 6.77. The van der Waals surface area contributed by atoms with Crippen LogP contribution in [0.25, 0.3) is 0 Å². The smallest absolute Gasteiger partial charge is 0.253 e. The maximum atomic E-state index is 11.2. The SMILES string of the molecule is CNc1ccc(Cl)c(CSc2nc(N)cc(=O)[nH]2)n1. The van der Waals surface area contributed by atoms with Crippen LogP contribution < -0.4 is 16.6 Å². The summed E-state index contributed by atoms with van der Waals surface area (Å²) in [6.45, 7) is 0. The van der Waals surface area contributed by atoms with Crippen molar-refractivity contribution in [2.75, 3.05) is 18.1 Å². The van der Waals surface area contributed by atoms with E-state index in [1.807, 2.05) is 0 Å². The average molecular weight is 298 g/mol. The number of hydrogen-bond donors (Lipinski definition) is 3. The third kappa shape index (κ3) is 3.62. The number of H-pyrrole nitrogens is 1. The molecule has 0 saturated heterocycles. The molecule has 0 atom stereocenters. The topological polar surface area (TPSA) is 96.7 Å². The largest absolute Gasteiger partial charge is 0.383 e. The highest BCUT2D eigenvalue weighted by atomic mass is 35.5. The summed E-state index contributed by atoms with van der Waals surface area (Å²) >= 11 is 7.38. The van der Waals surface area contributed by atoms with Gasteiger partial charge in [-0.2, -0.15) is 0 Å². The predicted octanol–water partition coefficient (Wildman–Crippen LogP) is 1.73. The summed E-state index contributed by atoms with van der Waals surface area (Å²) in [4.78, 5) is 22.2. The average Bonchev–Trinajstić information content (AvgIpc) is 2.37. The van der Waals surface area contributed by atoms with Gasteiger partial charge >= 0.3 is 0 Å². The second-order valence-electron chi connectivity index (χ2n) is 3.64. The Hall–Kier alpha value is -1.73. The van der Waals surface area contributed by atoms with Gasteiger partial charge in [-0.3, -0.25) is 4.79 Å². The number of aromatic amines is 1. The van der Waals surface area contributed by atoms with E-state index in [0.717, 1.165) is 5.82 Å². The van der Waals surface area contributed by atoms with E-state index in [-0.39, 0.29) is 11.4 Å². The number of thioether (sulfide) groups is 1. The number of nitrogens with two attached hydrogens (primary N) is 1. The minimum atomic E-state index is -0.280.